The molecule has 10 heteroatoms. The second-order valence-electron chi connectivity index (χ2n) is 10.6. The Morgan fingerprint density at radius 3 is 2.67 bits per heavy atom. The highest BCUT2D eigenvalue weighted by molar-refractivity contribution is 6.31. The van der Waals surface area contributed by atoms with Crippen molar-refractivity contribution in [2.75, 3.05) is 6.61 Å². The van der Waals surface area contributed by atoms with Gasteiger partial charge in [0.15, 0.2) is 12.3 Å². The molecule has 0 saturated carbocycles. The molecule has 4 heterocycles. The zero-order valence-electron chi connectivity index (χ0n) is 23.3. The lowest BCUT2D eigenvalue weighted by molar-refractivity contribution is -0.0369. The number of rotatable bonds is 8. The smallest absolute Gasteiger partial charge is 0.254 e. The van der Waals surface area contributed by atoms with Crippen LogP contribution in [0.3, 0.4) is 0 Å². The van der Waals surface area contributed by atoms with Crippen LogP contribution in [0.1, 0.15) is 64.3 Å². The maximum Gasteiger partial charge on any atom is 0.254 e. The van der Waals surface area contributed by atoms with Crippen LogP contribution in [0.4, 0.5) is 0 Å². The number of halogens is 1. The Kier molecular flexibility index (Phi) is 8.31. The zero-order chi connectivity index (χ0) is 29.8. The van der Waals surface area contributed by atoms with Crippen LogP contribution in [-0.4, -0.2) is 31.8 Å². The van der Waals surface area contributed by atoms with Gasteiger partial charge in [0.25, 0.3) is 11.5 Å². The number of hydrogen-bond acceptors (Lipinski definition) is 6. The van der Waals surface area contributed by atoms with E-state index in [-0.39, 0.29) is 11.8 Å². The fourth-order valence-corrected chi connectivity index (χ4v) is 5.53. The molecule has 1 saturated heterocycles. The van der Waals surface area contributed by atoms with Gasteiger partial charge in [0.05, 0.1) is 23.7 Å². The van der Waals surface area contributed by atoms with Crippen LogP contribution in [0.25, 0.3) is 10.9 Å². The number of amides is 1. The fraction of sp³-hybridized carbons (Fsp3) is 0.242. The fourth-order valence-electron chi connectivity index (χ4n) is 5.36. The minimum Gasteiger partial charge on any atom is -0.356 e. The monoisotopic (exact) mass is 592 g/mol. The van der Waals surface area contributed by atoms with E-state index in [1.54, 1.807) is 52.0 Å². The number of pyridine rings is 2. The lowest BCUT2D eigenvalue weighted by atomic mass is 10.0. The first kappa shape index (κ1) is 28.3. The summed E-state index contributed by atoms with van der Waals surface area (Å²) in [6.07, 6.45) is 8.14. The lowest BCUT2D eigenvalue weighted by Gasteiger charge is -2.23. The van der Waals surface area contributed by atoms with Crippen molar-refractivity contribution in [1.82, 2.24) is 24.6 Å². The van der Waals surface area contributed by atoms with Gasteiger partial charge in [-0.05, 0) is 72.7 Å². The van der Waals surface area contributed by atoms with E-state index in [2.05, 4.69) is 16.4 Å². The Hall–Kier alpha value is -4.78. The van der Waals surface area contributed by atoms with Gasteiger partial charge in [-0.2, -0.15) is 10.4 Å². The number of carbonyl (C=O) groups is 1. The number of fused-ring (bicyclic) bond motifs is 1. The number of nitriles is 1. The van der Waals surface area contributed by atoms with Crippen molar-refractivity contribution in [3.05, 3.63) is 129 Å². The summed E-state index contributed by atoms with van der Waals surface area (Å²) in [4.78, 5) is 29.6. The average Bonchev–Trinajstić information content (AvgIpc) is 3.41. The maximum absolute atomic E-state index is 13.3. The van der Waals surface area contributed by atoms with Crippen molar-refractivity contribution in [2.24, 2.45) is 0 Å². The summed E-state index contributed by atoms with van der Waals surface area (Å²) in [5, 5.41) is 18.9. The van der Waals surface area contributed by atoms with Crippen LogP contribution < -0.4 is 10.9 Å². The summed E-state index contributed by atoms with van der Waals surface area (Å²) in [5.74, 6) is -0.428. The minimum absolute atomic E-state index is 0.0463. The summed E-state index contributed by atoms with van der Waals surface area (Å²) in [6.45, 7) is 1.14. The summed E-state index contributed by atoms with van der Waals surface area (Å²) >= 11 is 6.31. The molecule has 0 radical (unpaired) electrons. The third kappa shape index (κ3) is 6.36. The van der Waals surface area contributed by atoms with E-state index < -0.39 is 11.9 Å². The van der Waals surface area contributed by atoms with Crippen LogP contribution >= 0.6 is 11.6 Å². The maximum atomic E-state index is 13.3. The molecule has 3 aromatic heterocycles. The first-order valence-corrected chi connectivity index (χ1v) is 14.5. The molecule has 1 aliphatic rings. The molecule has 9 nitrogen and oxygen atoms in total. The Labute approximate surface area is 253 Å². The number of nitrogens with one attached hydrogen (secondary N) is 1. The topological polar surface area (TPSA) is 115 Å². The minimum atomic E-state index is -1.01. The van der Waals surface area contributed by atoms with Gasteiger partial charge >= 0.3 is 0 Å². The highest BCUT2D eigenvalue weighted by Crippen LogP contribution is 2.32. The number of ether oxygens (including phenoxy) is 1. The quantitative estimate of drug-likeness (QED) is 0.252. The Morgan fingerprint density at radius 1 is 1.07 bits per heavy atom. The molecule has 5 aromatic rings. The van der Waals surface area contributed by atoms with E-state index in [1.807, 2.05) is 36.4 Å². The predicted molar refractivity (Wildman–Crippen MR) is 163 cm³/mol. The molecule has 1 amide bonds. The molecule has 2 aromatic carbocycles. The molecule has 1 N–H and O–H groups in total. The molecule has 1 fully saturated rings. The largest absolute Gasteiger partial charge is 0.356 e. The molecule has 2 unspecified atom stereocenters. The Morgan fingerprint density at radius 2 is 1.91 bits per heavy atom. The van der Waals surface area contributed by atoms with Gasteiger partial charge in [0.2, 0.25) is 0 Å². The van der Waals surface area contributed by atoms with E-state index in [0.717, 1.165) is 41.5 Å². The predicted octanol–water partition coefficient (Wildman–Crippen LogP) is 5.58. The molecule has 0 aliphatic carbocycles. The third-order valence-corrected chi connectivity index (χ3v) is 7.78. The molecular formula is C33H29ClN6O3. The molecule has 0 bridgehead atoms. The molecule has 216 valence electrons. The van der Waals surface area contributed by atoms with Crippen LogP contribution in [0, 0.1) is 11.3 Å². The lowest BCUT2D eigenvalue weighted by Crippen LogP contribution is -2.28. The highest BCUT2D eigenvalue weighted by Gasteiger charge is 2.26. The number of benzene rings is 2. The normalized spacial score (nSPS) is 15.6. The summed E-state index contributed by atoms with van der Waals surface area (Å²) < 4.78 is 9.40. The second kappa shape index (κ2) is 12.6. The van der Waals surface area contributed by atoms with Gasteiger partial charge in [-0.25, -0.2) is 4.68 Å². The molecular weight excluding hydrogens is 564 g/mol. The Bertz CT molecular complexity index is 1870. The van der Waals surface area contributed by atoms with Gasteiger partial charge in [-0.3, -0.25) is 14.6 Å². The van der Waals surface area contributed by atoms with E-state index in [4.69, 9.17) is 21.4 Å². The van der Waals surface area contributed by atoms with Crippen molar-refractivity contribution < 1.29 is 9.53 Å². The van der Waals surface area contributed by atoms with Crippen LogP contribution in [0.2, 0.25) is 5.02 Å². The molecule has 43 heavy (non-hydrogen) atoms. The third-order valence-electron chi connectivity index (χ3n) is 7.54. The van der Waals surface area contributed by atoms with Gasteiger partial charge in [-0.1, -0.05) is 41.9 Å². The Balaban J connectivity index is 1.18. The highest BCUT2D eigenvalue weighted by atomic mass is 35.5. The molecule has 2 atom stereocenters. The van der Waals surface area contributed by atoms with Crippen molar-refractivity contribution >= 4 is 28.4 Å². The summed E-state index contributed by atoms with van der Waals surface area (Å²) in [5.41, 5.74) is 4.42. The van der Waals surface area contributed by atoms with Crippen LogP contribution in [-0.2, 0) is 17.7 Å². The van der Waals surface area contributed by atoms with Gasteiger partial charge in [0, 0.05) is 41.7 Å². The second-order valence-corrected chi connectivity index (χ2v) is 11.0. The summed E-state index contributed by atoms with van der Waals surface area (Å²) in [7, 11) is 0. The van der Waals surface area contributed by atoms with E-state index in [1.165, 1.54) is 6.20 Å². The van der Waals surface area contributed by atoms with E-state index >= 15 is 0 Å². The average molecular weight is 593 g/mol. The molecule has 6 rings (SSSR count). The molecule has 0 spiro atoms. The van der Waals surface area contributed by atoms with Gasteiger partial charge in [0.1, 0.15) is 5.69 Å². The first-order valence-electron chi connectivity index (χ1n) is 14.2. The van der Waals surface area contributed by atoms with Crippen molar-refractivity contribution in [1.29, 1.82) is 5.26 Å². The number of nitrogens with zero attached hydrogens (tertiary/aromatic N) is 5. The number of carbonyl (C=O) groups excluding carboxylic acids is 1. The first-order chi connectivity index (χ1) is 21.0. The van der Waals surface area contributed by atoms with E-state index in [9.17, 15) is 14.9 Å². The van der Waals surface area contributed by atoms with Gasteiger partial charge in [-0.15, -0.1) is 0 Å². The summed E-state index contributed by atoms with van der Waals surface area (Å²) in [6, 6.07) is 21.5. The van der Waals surface area contributed by atoms with Crippen molar-refractivity contribution in [2.45, 2.75) is 44.5 Å². The number of aromatic nitrogens is 4. The van der Waals surface area contributed by atoms with Crippen LogP contribution in [0.15, 0.2) is 90.1 Å². The SMILES string of the molecule is N#CC(NC(=O)c1cncc(Cc2ccc(Cn3ccccc3=O)cc2)c1)c1nn(C2CCCCO2)c2ccc(Cl)cc12. The standard InChI is InChI=1S/C33H29ClN6O3/c34-26-11-12-29-27(17-26)32(38-40(29)31-6-2-4-14-43-31)28(18-35)37-33(42)25-16-24(19-36-20-25)15-22-7-9-23(10-8-22)21-39-13-3-1-5-30(39)41/h1,3,5,7-13,16-17,19-20,28,31H,2,4,6,14-15,21H2,(H,37,42). The van der Waals surface area contributed by atoms with E-state index in [0.29, 0.717) is 41.2 Å². The van der Waals surface area contributed by atoms with Gasteiger partial charge < -0.3 is 14.6 Å². The zero-order valence-corrected chi connectivity index (χ0v) is 24.1. The molecule has 1 aliphatic heterocycles. The number of hydrogen-bond donors (Lipinski definition) is 1. The van der Waals surface area contributed by atoms with Crippen molar-refractivity contribution in [3.63, 3.8) is 0 Å². The van der Waals surface area contributed by atoms with Crippen LogP contribution in [0.5, 0.6) is 0 Å². The van der Waals surface area contributed by atoms with Crippen molar-refractivity contribution in [3.8, 4) is 6.07 Å².